The average molecular weight is 717 g/mol. The van der Waals surface area contributed by atoms with E-state index < -0.39 is 73.7 Å². The predicted octanol–water partition coefficient (Wildman–Crippen LogP) is 2.04. The molecule has 0 saturated carbocycles. The third-order valence-corrected chi connectivity index (χ3v) is 11.0. The summed E-state index contributed by atoms with van der Waals surface area (Å²) in [5.74, 6) is -6.51. The standard InChI is InChI=1S/C34H49N6O9P/c1-4-38-18-9-16-34(38,33(36)46)40(26(20-21(2)3)29(41)37-25(32(44)45)14-5-6-17-35)27(50(47,48)49)15-19-39-30(42)23-12-7-10-22-11-8-13-24(28(22)23)31(39)43/h7-8,10-13,21,25-27H,4-6,9,14-20,35H2,1-3H3,(H2,36,46)(H,37,41)(H,44,45)(H2,47,48,49)/t25?,26?,27-,34-/m0/s1. The maximum absolute atomic E-state index is 14.3. The van der Waals surface area contributed by atoms with Crippen LogP contribution in [0.25, 0.3) is 10.8 Å². The number of carbonyl (C=O) groups is 5. The Morgan fingerprint density at radius 1 is 1.04 bits per heavy atom. The van der Waals surface area contributed by atoms with Gasteiger partial charge in [-0.25, -0.2) is 4.79 Å². The molecule has 2 aliphatic heterocycles. The van der Waals surface area contributed by atoms with Gasteiger partial charge in [-0.2, -0.15) is 0 Å². The van der Waals surface area contributed by atoms with E-state index in [1.165, 1.54) is 4.90 Å². The van der Waals surface area contributed by atoms with Gasteiger partial charge in [0.2, 0.25) is 5.91 Å². The predicted molar refractivity (Wildman–Crippen MR) is 186 cm³/mol. The topological polar surface area (TPSA) is 237 Å². The van der Waals surface area contributed by atoms with Crippen LogP contribution in [0.2, 0.25) is 0 Å². The number of aliphatic carboxylic acids is 1. The molecule has 50 heavy (non-hydrogen) atoms. The van der Waals surface area contributed by atoms with Crippen molar-refractivity contribution in [2.75, 3.05) is 26.2 Å². The SMILES string of the molecule is CCN1CCC[C@@]1(C(N)=O)N(C(CC(C)C)C(=O)NC(CCCCN)C(=O)O)[C@H](CCN1C(=O)c2cccc3cccc(c23)C1=O)P(=O)(O)O. The number of primary amides is 1. The number of carboxylic acid groups (broad SMARTS) is 1. The van der Waals surface area contributed by atoms with Gasteiger partial charge in [-0.15, -0.1) is 0 Å². The molecule has 0 spiro atoms. The summed E-state index contributed by atoms with van der Waals surface area (Å²) in [5, 5.41) is 13.7. The van der Waals surface area contributed by atoms with Crippen LogP contribution >= 0.6 is 7.60 Å². The summed E-state index contributed by atoms with van der Waals surface area (Å²) in [6.07, 6.45) is 0.881. The van der Waals surface area contributed by atoms with Gasteiger partial charge in [0, 0.05) is 29.6 Å². The van der Waals surface area contributed by atoms with Crippen molar-refractivity contribution in [3.63, 3.8) is 0 Å². The highest BCUT2D eigenvalue weighted by molar-refractivity contribution is 7.52. The number of rotatable bonds is 18. The highest BCUT2D eigenvalue weighted by atomic mass is 31.2. The van der Waals surface area contributed by atoms with Gasteiger partial charge in [-0.3, -0.25) is 38.4 Å². The Balaban J connectivity index is 1.82. The molecule has 2 unspecified atom stereocenters. The van der Waals surface area contributed by atoms with Crippen LogP contribution in [0.15, 0.2) is 36.4 Å². The zero-order valence-electron chi connectivity index (χ0n) is 28.8. The fraction of sp³-hybridized carbons (Fsp3) is 0.559. The minimum absolute atomic E-state index is 0.0268. The summed E-state index contributed by atoms with van der Waals surface area (Å²) >= 11 is 0. The first-order chi connectivity index (χ1) is 23.6. The third-order valence-electron chi connectivity index (χ3n) is 9.75. The van der Waals surface area contributed by atoms with Gasteiger partial charge in [0.15, 0.2) is 5.66 Å². The van der Waals surface area contributed by atoms with Crippen LogP contribution in [-0.4, -0.2) is 109 Å². The van der Waals surface area contributed by atoms with Crippen LogP contribution in [0.3, 0.4) is 0 Å². The monoisotopic (exact) mass is 716 g/mol. The molecule has 16 heteroatoms. The summed E-state index contributed by atoms with van der Waals surface area (Å²) < 4.78 is 13.7. The maximum Gasteiger partial charge on any atom is 0.342 e. The number of nitrogens with zero attached hydrogens (tertiary/aromatic N) is 3. The van der Waals surface area contributed by atoms with E-state index in [0.717, 1.165) is 4.90 Å². The van der Waals surface area contributed by atoms with Crippen molar-refractivity contribution in [3.8, 4) is 0 Å². The fourth-order valence-electron chi connectivity index (χ4n) is 7.50. The minimum atomic E-state index is -5.30. The molecule has 8 N–H and O–H groups in total. The number of benzene rings is 2. The van der Waals surface area contributed by atoms with Crippen molar-refractivity contribution >= 4 is 48.0 Å². The van der Waals surface area contributed by atoms with E-state index in [9.17, 15) is 43.4 Å². The minimum Gasteiger partial charge on any atom is -0.480 e. The Labute approximate surface area is 291 Å². The molecule has 2 aliphatic rings. The molecule has 0 radical (unpaired) electrons. The van der Waals surface area contributed by atoms with Crippen LogP contribution < -0.4 is 16.8 Å². The Morgan fingerprint density at radius 3 is 2.16 bits per heavy atom. The van der Waals surface area contributed by atoms with Gasteiger partial charge in [0.25, 0.3) is 17.7 Å². The molecule has 0 aliphatic carbocycles. The van der Waals surface area contributed by atoms with E-state index in [1.807, 2.05) is 0 Å². The summed E-state index contributed by atoms with van der Waals surface area (Å²) in [6.45, 7) is 5.77. The molecule has 0 aromatic heterocycles. The van der Waals surface area contributed by atoms with Crippen LogP contribution in [0.4, 0.5) is 0 Å². The zero-order valence-corrected chi connectivity index (χ0v) is 29.7. The third kappa shape index (κ3) is 7.78. The molecule has 2 aromatic rings. The Hall–Kier alpha value is -3.72. The van der Waals surface area contributed by atoms with Crippen LogP contribution in [0.5, 0.6) is 0 Å². The molecule has 4 amide bonds. The lowest BCUT2D eigenvalue weighted by molar-refractivity contribution is -0.156. The number of amides is 4. The van der Waals surface area contributed by atoms with Crippen LogP contribution in [-0.2, 0) is 18.9 Å². The lowest BCUT2D eigenvalue weighted by Gasteiger charge is -2.51. The smallest absolute Gasteiger partial charge is 0.342 e. The van der Waals surface area contributed by atoms with E-state index in [2.05, 4.69) is 5.32 Å². The average Bonchev–Trinajstić information content (AvgIpc) is 3.49. The van der Waals surface area contributed by atoms with Crippen LogP contribution in [0.1, 0.15) is 86.4 Å². The van der Waals surface area contributed by atoms with Crippen molar-refractivity contribution in [2.24, 2.45) is 17.4 Å². The molecule has 4 atom stereocenters. The second-order valence-electron chi connectivity index (χ2n) is 13.4. The normalized spacial score (nSPS) is 20.0. The van der Waals surface area contributed by atoms with E-state index in [4.69, 9.17) is 11.5 Å². The van der Waals surface area contributed by atoms with Crippen molar-refractivity contribution in [1.29, 1.82) is 0 Å². The molecular formula is C34H49N6O9P. The van der Waals surface area contributed by atoms with Gasteiger partial charge in [-0.1, -0.05) is 45.0 Å². The van der Waals surface area contributed by atoms with E-state index >= 15 is 0 Å². The maximum atomic E-state index is 14.3. The molecule has 0 bridgehead atoms. The molecular weight excluding hydrogens is 667 g/mol. The molecule has 2 aromatic carbocycles. The number of unbranched alkanes of at least 4 members (excludes halogenated alkanes) is 1. The Bertz CT molecular complexity index is 1610. The number of nitrogens with two attached hydrogens (primary N) is 2. The number of hydrogen-bond donors (Lipinski definition) is 6. The number of carboxylic acids is 1. The summed E-state index contributed by atoms with van der Waals surface area (Å²) in [7, 11) is -5.30. The zero-order chi connectivity index (χ0) is 37.0. The van der Waals surface area contributed by atoms with Gasteiger partial charge < -0.3 is 31.7 Å². The largest absolute Gasteiger partial charge is 0.480 e. The van der Waals surface area contributed by atoms with E-state index in [-0.39, 0.29) is 42.9 Å². The summed E-state index contributed by atoms with van der Waals surface area (Å²) in [4.78, 5) is 93.5. The Kier molecular flexibility index (Phi) is 12.6. The summed E-state index contributed by atoms with van der Waals surface area (Å²) in [6, 6.07) is 7.30. The molecule has 1 saturated heterocycles. The van der Waals surface area contributed by atoms with E-state index in [1.54, 1.807) is 62.1 Å². The number of likely N-dealkylation sites (tertiary alicyclic amines) is 1. The lowest BCUT2D eigenvalue weighted by Crippen LogP contribution is -2.72. The number of carbonyl (C=O) groups excluding carboxylic acids is 4. The highest BCUT2D eigenvalue weighted by Gasteiger charge is 2.59. The molecule has 15 nitrogen and oxygen atoms in total. The van der Waals surface area contributed by atoms with Gasteiger partial charge >= 0.3 is 13.6 Å². The highest BCUT2D eigenvalue weighted by Crippen LogP contribution is 2.51. The number of imide groups is 1. The van der Waals surface area contributed by atoms with Crippen molar-refractivity contribution < 1.29 is 43.4 Å². The number of hydrogen-bond acceptors (Lipinski definition) is 9. The molecule has 274 valence electrons. The molecule has 4 rings (SSSR count). The van der Waals surface area contributed by atoms with E-state index in [0.29, 0.717) is 43.1 Å². The second-order valence-corrected chi connectivity index (χ2v) is 15.2. The van der Waals surface area contributed by atoms with Gasteiger partial charge in [-0.05, 0) is 81.5 Å². The van der Waals surface area contributed by atoms with Crippen molar-refractivity contribution in [1.82, 2.24) is 20.0 Å². The number of nitrogens with one attached hydrogen (secondary N) is 1. The first-order valence-electron chi connectivity index (χ1n) is 17.1. The first-order valence-corrected chi connectivity index (χ1v) is 18.8. The Morgan fingerprint density at radius 2 is 1.66 bits per heavy atom. The fourth-order valence-corrected chi connectivity index (χ4v) is 8.63. The molecule has 1 fully saturated rings. The van der Waals surface area contributed by atoms with Crippen molar-refractivity contribution in [3.05, 3.63) is 47.5 Å². The lowest BCUT2D eigenvalue weighted by atomic mass is 9.93. The second kappa shape index (κ2) is 16.1. The van der Waals surface area contributed by atoms with Crippen molar-refractivity contribution in [2.45, 2.75) is 89.2 Å². The summed E-state index contributed by atoms with van der Waals surface area (Å²) in [5.41, 5.74) is 10.4. The van der Waals surface area contributed by atoms with Gasteiger partial charge in [0.1, 0.15) is 11.8 Å². The van der Waals surface area contributed by atoms with Crippen LogP contribution in [0, 0.1) is 5.92 Å². The number of likely N-dealkylation sites (N-methyl/N-ethyl adjacent to an activating group) is 1. The quantitative estimate of drug-likeness (QED) is 0.0739. The first kappa shape index (κ1) is 39.1. The molecule has 2 heterocycles. The van der Waals surface area contributed by atoms with Gasteiger partial charge in [0.05, 0.1) is 6.04 Å².